The first-order chi connectivity index (χ1) is 14.5. The van der Waals surface area contributed by atoms with Gasteiger partial charge in [0.05, 0.1) is 6.42 Å². The number of benzene rings is 3. The lowest BCUT2D eigenvalue weighted by molar-refractivity contribution is -0.118. The van der Waals surface area contributed by atoms with Crippen molar-refractivity contribution >= 4 is 23.4 Å². The third-order valence-electron chi connectivity index (χ3n) is 4.54. The topological polar surface area (TPSA) is 101 Å². The van der Waals surface area contributed by atoms with Crippen LogP contribution in [0.15, 0.2) is 84.9 Å². The van der Waals surface area contributed by atoms with E-state index in [1.54, 1.807) is 48.5 Å². The summed E-state index contributed by atoms with van der Waals surface area (Å²) in [5.41, 5.74) is 7.95. The molecule has 3 aromatic rings. The van der Waals surface area contributed by atoms with Crippen LogP contribution in [0.2, 0.25) is 0 Å². The second-order valence-corrected chi connectivity index (χ2v) is 6.91. The molecule has 0 aliphatic rings. The van der Waals surface area contributed by atoms with Crippen molar-refractivity contribution in [1.82, 2.24) is 5.32 Å². The Hall–Kier alpha value is -3.93. The zero-order chi connectivity index (χ0) is 21.3. The summed E-state index contributed by atoms with van der Waals surface area (Å²) < 4.78 is 0. The van der Waals surface area contributed by atoms with Gasteiger partial charge in [-0.2, -0.15) is 0 Å². The molecule has 0 aliphatic carbocycles. The quantitative estimate of drug-likeness (QED) is 0.541. The maximum absolute atomic E-state index is 12.9. The molecule has 3 amide bonds. The van der Waals surface area contributed by atoms with E-state index in [4.69, 9.17) is 5.73 Å². The van der Waals surface area contributed by atoms with Crippen LogP contribution in [0.4, 0.5) is 5.69 Å². The number of rotatable bonds is 8. The van der Waals surface area contributed by atoms with E-state index in [1.165, 1.54) is 0 Å². The average Bonchev–Trinajstić information content (AvgIpc) is 2.75. The predicted molar refractivity (Wildman–Crippen MR) is 116 cm³/mol. The fourth-order valence-electron chi connectivity index (χ4n) is 3.03. The van der Waals surface area contributed by atoms with Gasteiger partial charge in [-0.05, 0) is 35.4 Å². The number of amides is 3. The molecule has 0 saturated heterocycles. The van der Waals surface area contributed by atoms with Crippen LogP contribution in [0.1, 0.15) is 21.5 Å². The van der Waals surface area contributed by atoms with Gasteiger partial charge in [0.25, 0.3) is 5.91 Å². The van der Waals surface area contributed by atoms with Crippen LogP contribution in [-0.4, -0.2) is 23.8 Å². The number of nitrogens with two attached hydrogens (primary N) is 1. The van der Waals surface area contributed by atoms with Crippen molar-refractivity contribution in [3.63, 3.8) is 0 Å². The Morgan fingerprint density at radius 3 is 1.97 bits per heavy atom. The number of anilines is 1. The van der Waals surface area contributed by atoms with Gasteiger partial charge in [-0.15, -0.1) is 0 Å². The summed E-state index contributed by atoms with van der Waals surface area (Å²) in [5, 5.41) is 5.66. The molecule has 6 nitrogen and oxygen atoms in total. The molecule has 1 unspecified atom stereocenters. The van der Waals surface area contributed by atoms with Crippen LogP contribution in [0.25, 0.3) is 0 Å². The summed E-state index contributed by atoms with van der Waals surface area (Å²) in [5.74, 6) is -1.06. The number of carbonyl (C=O) groups is 3. The summed E-state index contributed by atoms with van der Waals surface area (Å²) in [6, 6.07) is 24.4. The lowest BCUT2D eigenvalue weighted by atomic mass is 10.0. The lowest BCUT2D eigenvalue weighted by Crippen LogP contribution is -2.45. The van der Waals surface area contributed by atoms with Gasteiger partial charge in [0.1, 0.15) is 6.04 Å². The third kappa shape index (κ3) is 6.04. The van der Waals surface area contributed by atoms with Crippen molar-refractivity contribution in [3.05, 3.63) is 102 Å². The SMILES string of the molecule is NC(=O)Cc1ccc(NC(=O)C(Cc2ccccc2)NC(=O)c2ccccc2)cc1. The first kappa shape index (κ1) is 20.8. The minimum Gasteiger partial charge on any atom is -0.369 e. The van der Waals surface area contributed by atoms with Gasteiger partial charge in [-0.1, -0.05) is 60.7 Å². The molecule has 6 heteroatoms. The van der Waals surface area contributed by atoms with Crippen molar-refractivity contribution in [1.29, 1.82) is 0 Å². The highest BCUT2D eigenvalue weighted by Crippen LogP contribution is 2.12. The summed E-state index contributed by atoms with van der Waals surface area (Å²) in [7, 11) is 0. The Labute approximate surface area is 175 Å². The maximum atomic E-state index is 12.9. The molecule has 0 aromatic heterocycles. The molecule has 152 valence electrons. The monoisotopic (exact) mass is 401 g/mol. The van der Waals surface area contributed by atoms with E-state index in [9.17, 15) is 14.4 Å². The Morgan fingerprint density at radius 1 is 0.767 bits per heavy atom. The zero-order valence-electron chi connectivity index (χ0n) is 16.4. The molecule has 1 atom stereocenters. The zero-order valence-corrected chi connectivity index (χ0v) is 16.4. The van der Waals surface area contributed by atoms with Crippen molar-refractivity contribution in [2.24, 2.45) is 5.73 Å². The Kier molecular flexibility index (Phi) is 6.95. The smallest absolute Gasteiger partial charge is 0.251 e. The first-order valence-electron chi connectivity index (χ1n) is 9.59. The first-order valence-corrected chi connectivity index (χ1v) is 9.59. The van der Waals surface area contributed by atoms with Gasteiger partial charge in [-0.3, -0.25) is 14.4 Å². The second-order valence-electron chi connectivity index (χ2n) is 6.91. The van der Waals surface area contributed by atoms with Crippen LogP contribution in [0, 0.1) is 0 Å². The van der Waals surface area contributed by atoms with Crippen molar-refractivity contribution < 1.29 is 14.4 Å². The highest BCUT2D eigenvalue weighted by atomic mass is 16.2. The molecular formula is C24H23N3O3. The molecule has 0 spiro atoms. The van der Waals surface area contributed by atoms with Crippen LogP contribution in [0.3, 0.4) is 0 Å². The summed E-state index contributed by atoms with van der Waals surface area (Å²) in [4.78, 5) is 36.6. The molecule has 3 rings (SSSR count). The summed E-state index contributed by atoms with van der Waals surface area (Å²) in [6.45, 7) is 0. The standard InChI is InChI=1S/C24H23N3O3/c25-22(28)16-18-11-13-20(14-12-18)26-24(30)21(15-17-7-3-1-4-8-17)27-23(29)19-9-5-2-6-10-19/h1-14,21H,15-16H2,(H2,25,28)(H,26,30)(H,27,29). The molecule has 4 N–H and O–H groups in total. The van der Waals surface area contributed by atoms with Gasteiger partial charge in [0.15, 0.2) is 0 Å². The Morgan fingerprint density at radius 2 is 1.37 bits per heavy atom. The molecule has 0 saturated carbocycles. The second kappa shape index (κ2) is 10.0. The van der Waals surface area contributed by atoms with Crippen LogP contribution < -0.4 is 16.4 Å². The molecule has 0 bridgehead atoms. The van der Waals surface area contributed by atoms with Crippen molar-refractivity contribution in [3.8, 4) is 0 Å². The van der Waals surface area contributed by atoms with Gasteiger partial charge in [0, 0.05) is 17.7 Å². The number of carbonyl (C=O) groups excluding carboxylic acids is 3. The van der Waals surface area contributed by atoms with E-state index < -0.39 is 11.9 Å². The summed E-state index contributed by atoms with van der Waals surface area (Å²) in [6.07, 6.45) is 0.489. The minimum atomic E-state index is -0.759. The normalized spacial score (nSPS) is 11.3. The molecule has 3 aromatic carbocycles. The van der Waals surface area contributed by atoms with E-state index in [0.29, 0.717) is 17.7 Å². The van der Waals surface area contributed by atoms with Crippen LogP contribution in [-0.2, 0) is 22.4 Å². The fraction of sp³-hybridized carbons (Fsp3) is 0.125. The van der Waals surface area contributed by atoms with Gasteiger partial charge in [-0.25, -0.2) is 0 Å². The Balaban J connectivity index is 1.74. The summed E-state index contributed by atoms with van der Waals surface area (Å²) >= 11 is 0. The van der Waals surface area contributed by atoms with E-state index in [2.05, 4.69) is 10.6 Å². The minimum absolute atomic E-state index is 0.137. The highest BCUT2D eigenvalue weighted by Gasteiger charge is 2.22. The van der Waals surface area contributed by atoms with Gasteiger partial charge in [0.2, 0.25) is 11.8 Å². The molecule has 30 heavy (non-hydrogen) atoms. The average molecular weight is 401 g/mol. The van der Waals surface area contributed by atoms with E-state index in [1.807, 2.05) is 36.4 Å². The van der Waals surface area contributed by atoms with E-state index in [-0.39, 0.29) is 18.2 Å². The van der Waals surface area contributed by atoms with Crippen LogP contribution >= 0.6 is 0 Å². The number of primary amides is 1. The molecule has 0 heterocycles. The van der Waals surface area contributed by atoms with Crippen LogP contribution in [0.5, 0.6) is 0 Å². The Bertz CT molecular complexity index is 1000. The lowest BCUT2D eigenvalue weighted by Gasteiger charge is -2.19. The molecule has 0 radical (unpaired) electrons. The molecular weight excluding hydrogens is 378 g/mol. The number of nitrogens with one attached hydrogen (secondary N) is 2. The fourth-order valence-corrected chi connectivity index (χ4v) is 3.03. The van der Waals surface area contributed by atoms with Crippen molar-refractivity contribution in [2.75, 3.05) is 5.32 Å². The largest absolute Gasteiger partial charge is 0.369 e. The number of hydrogen-bond acceptors (Lipinski definition) is 3. The molecule has 0 fully saturated rings. The van der Waals surface area contributed by atoms with Crippen molar-refractivity contribution in [2.45, 2.75) is 18.9 Å². The van der Waals surface area contributed by atoms with E-state index >= 15 is 0 Å². The maximum Gasteiger partial charge on any atom is 0.251 e. The predicted octanol–water partition coefficient (Wildman–Crippen LogP) is 2.69. The third-order valence-corrected chi connectivity index (χ3v) is 4.54. The van der Waals surface area contributed by atoms with Gasteiger partial charge >= 0.3 is 0 Å². The number of hydrogen-bond donors (Lipinski definition) is 3. The van der Waals surface area contributed by atoms with Gasteiger partial charge < -0.3 is 16.4 Å². The molecule has 0 aliphatic heterocycles. The highest BCUT2D eigenvalue weighted by molar-refractivity contribution is 6.01. The van der Waals surface area contributed by atoms with E-state index in [0.717, 1.165) is 11.1 Å².